The highest BCUT2D eigenvalue weighted by atomic mass is 16.3. The molecule has 0 spiro atoms. The first-order valence-corrected chi connectivity index (χ1v) is 4.49. The van der Waals surface area contributed by atoms with Crippen molar-refractivity contribution in [2.75, 3.05) is 6.61 Å². The zero-order valence-corrected chi connectivity index (χ0v) is 7.95. The van der Waals surface area contributed by atoms with Crippen LogP contribution >= 0.6 is 0 Å². The van der Waals surface area contributed by atoms with E-state index in [9.17, 15) is 10.2 Å². The van der Waals surface area contributed by atoms with Gasteiger partial charge in [-0.3, -0.25) is 0 Å². The molecule has 1 atom stereocenters. The minimum absolute atomic E-state index is 0.207. The minimum Gasteiger partial charge on any atom is -0.396 e. The lowest BCUT2D eigenvalue weighted by Gasteiger charge is -2.24. The highest BCUT2D eigenvalue weighted by Gasteiger charge is 2.23. The fourth-order valence-corrected chi connectivity index (χ4v) is 0.979. The molecule has 0 rings (SSSR count). The molecule has 0 aromatic heterocycles. The molecule has 12 heavy (non-hydrogen) atoms. The van der Waals surface area contributed by atoms with Gasteiger partial charge in [-0.25, -0.2) is 0 Å². The van der Waals surface area contributed by atoms with E-state index in [0.717, 1.165) is 19.3 Å². The molecular formula is C9H20O3. The van der Waals surface area contributed by atoms with Crippen molar-refractivity contribution < 1.29 is 15.3 Å². The maximum absolute atomic E-state index is 9.37. The average Bonchev–Trinajstić information content (AvgIpc) is 1.96. The third kappa shape index (κ3) is 5.52. The van der Waals surface area contributed by atoms with E-state index in [1.54, 1.807) is 13.8 Å². The Kier molecular flexibility index (Phi) is 5.46. The highest BCUT2D eigenvalue weighted by Crippen LogP contribution is 2.14. The Bertz CT molecular complexity index is 107. The molecule has 0 aliphatic rings. The Balaban J connectivity index is 3.38. The highest BCUT2D eigenvalue weighted by molar-refractivity contribution is 4.75. The molecule has 3 heteroatoms. The summed E-state index contributed by atoms with van der Waals surface area (Å²) < 4.78 is 0. The lowest BCUT2D eigenvalue weighted by atomic mass is 9.97. The Morgan fingerprint density at radius 3 is 2.17 bits per heavy atom. The zero-order valence-electron chi connectivity index (χ0n) is 7.95. The van der Waals surface area contributed by atoms with Crippen LogP contribution in [0.5, 0.6) is 0 Å². The lowest BCUT2D eigenvalue weighted by Crippen LogP contribution is -2.35. The molecule has 0 saturated carbocycles. The number of unbranched alkanes of at least 4 members (excludes halogenated alkanes) is 2. The van der Waals surface area contributed by atoms with Gasteiger partial charge in [-0.15, -0.1) is 0 Å². The number of rotatable bonds is 6. The van der Waals surface area contributed by atoms with Gasteiger partial charge < -0.3 is 15.3 Å². The summed E-state index contributed by atoms with van der Waals surface area (Å²) in [6, 6.07) is 0. The fraction of sp³-hybridized carbons (Fsp3) is 1.00. The van der Waals surface area contributed by atoms with E-state index in [4.69, 9.17) is 5.11 Å². The molecule has 0 aromatic rings. The molecule has 3 nitrogen and oxygen atoms in total. The van der Waals surface area contributed by atoms with E-state index in [1.165, 1.54) is 0 Å². The largest absolute Gasteiger partial charge is 0.396 e. The third-order valence-corrected chi connectivity index (χ3v) is 1.95. The molecule has 0 amide bonds. The summed E-state index contributed by atoms with van der Waals surface area (Å²) >= 11 is 0. The van der Waals surface area contributed by atoms with Crippen molar-refractivity contribution in [2.45, 2.75) is 51.2 Å². The molecule has 0 saturated heterocycles. The van der Waals surface area contributed by atoms with Gasteiger partial charge in [-0.1, -0.05) is 12.8 Å². The lowest BCUT2D eigenvalue weighted by molar-refractivity contribution is -0.0522. The predicted octanol–water partition coefficient (Wildman–Crippen LogP) is 0.671. The quantitative estimate of drug-likeness (QED) is 0.521. The number of hydrogen-bond donors (Lipinski definition) is 3. The Morgan fingerprint density at radius 2 is 1.75 bits per heavy atom. The van der Waals surface area contributed by atoms with Gasteiger partial charge in [0, 0.05) is 6.61 Å². The summed E-state index contributed by atoms with van der Waals surface area (Å²) in [5.74, 6) is 0. The minimum atomic E-state index is -1.00. The maximum atomic E-state index is 9.37. The van der Waals surface area contributed by atoms with Crippen molar-refractivity contribution in [1.82, 2.24) is 0 Å². The SMILES string of the molecule is CC(C)(O)C(O)CCCCCO. The molecule has 1 unspecified atom stereocenters. The van der Waals surface area contributed by atoms with Crippen LogP contribution in [0.1, 0.15) is 39.5 Å². The summed E-state index contributed by atoms with van der Waals surface area (Å²) in [6.07, 6.45) is 2.48. The normalized spacial score (nSPS) is 14.8. The topological polar surface area (TPSA) is 60.7 Å². The zero-order chi connectivity index (χ0) is 9.61. The van der Waals surface area contributed by atoms with Crippen molar-refractivity contribution in [2.24, 2.45) is 0 Å². The summed E-state index contributed by atoms with van der Waals surface area (Å²) in [5, 5.41) is 27.2. The Morgan fingerprint density at radius 1 is 1.17 bits per heavy atom. The van der Waals surface area contributed by atoms with Crippen LogP contribution in [0, 0.1) is 0 Å². The molecule has 0 radical (unpaired) electrons. The molecule has 0 bridgehead atoms. The van der Waals surface area contributed by atoms with E-state index in [-0.39, 0.29) is 6.61 Å². The molecule has 0 aliphatic heterocycles. The standard InChI is InChI=1S/C9H20O3/c1-9(2,12)8(11)6-4-3-5-7-10/h8,10-12H,3-7H2,1-2H3. The van der Waals surface area contributed by atoms with Gasteiger partial charge in [-0.2, -0.15) is 0 Å². The van der Waals surface area contributed by atoms with E-state index in [1.807, 2.05) is 0 Å². The van der Waals surface area contributed by atoms with Gasteiger partial charge in [0.2, 0.25) is 0 Å². The van der Waals surface area contributed by atoms with Crippen molar-refractivity contribution in [3.63, 3.8) is 0 Å². The van der Waals surface area contributed by atoms with Gasteiger partial charge in [0.1, 0.15) is 0 Å². The third-order valence-electron chi connectivity index (χ3n) is 1.95. The van der Waals surface area contributed by atoms with Crippen molar-refractivity contribution in [1.29, 1.82) is 0 Å². The summed E-state index contributed by atoms with van der Waals surface area (Å²) in [6.45, 7) is 3.41. The first-order valence-electron chi connectivity index (χ1n) is 4.49. The van der Waals surface area contributed by atoms with Gasteiger partial charge in [0.05, 0.1) is 11.7 Å². The second-order valence-electron chi connectivity index (χ2n) is 3.74. The van der Waals surface area contributed by atoms with Crippen LogP contribution in [0.25, 0.3) is 0 Å². The smallest absolute Gasteiger partial charge is 0.0849 e. The monoisotopic (exact) mass is 176 g/mol. The van der Waals surface area contributed by atoms with Gasteiger partial charge in [-0.05, 0) is 26.7 Å². The van der Waals surface area contributed by atoms with Gasteiger partial charge in [0.25, 0.3) is 0 Å². The molecule has 0 aliphatic carbocycles. The summed E-state index contributed by atoms with van der Waals surface area (Å²) in [5.41, 5.74) is -1.00. The number of hydrogen-bond acceptors (Lipinski definition) is 3. The first kappa shape index (κ1) is 11.9. The van der Waals surface area contributed by atoms with E-state index >= 15 is 0 Å². The molecule has 0 heterocycles. The van der Waals surface area contributed by atoms with Crippen LogP contribution in [-0.4, -0.2) is 33.6 Å². The van der Waals surface area contributed by atoms with Crippen molar-refractivity contribution in [3.8, 4) is 0 Å². The van der Waals surface area contributed by atoms with Crippen LogP contribution in [0.4, 0.5) is 0 Å². The van der Waals surface area contributed by atoms with Crippen LogP contribution in [0.2, 0.25) is 0 Å². The summed E-state index contributed by atoms with van der Waals surface area (Å²) in [7, 11) is 0. The fourth-order valence-electron chi connectivity index (χ4n) is 0.979. The average molecular weight is 176 g/mol. The van der Waals surface area contributed by atoms with Crippen LogP contribution in [-0.2, 0) is 0 Å². The van der Waals surface area contributed by atoms with E-state index in [2.05, 4.69) is 0 Å². The van der Waals surface area contributed by atoms with E-state index in [0.29, 0.717) is 6.42 Å². The summed E-state index contributed by atoms with van der Waals surface area (Å²) in [4.78, 5) is 0. The Hall–Kier alpha value is -0.120. The molecule has 74 valence electrons. The van der Waals surface area contributed by atoms with Crippen LogP contribution in [0.3, 0.4) is 0 Å². The second-order valence-corrected chi connectivity index (χ2v) is 3.74. The second kappa shape index (κ2) is 5.51. The van der Waals surface area contributed by atoms with Gasteiger partial charge in [0.15, 0.2) is 0 Å². The molecular weight excluding hydrogens is 156 g/mol. The number of aliphatic hydroxyl groups excluding tert-OH is 2. The first-order chi connectivity index (χ1) is 5.48. The molecule has 3 N–H and O–H groups in total. The molecule has 0 aromatic carbocycles. The molecule has 0 fully saturated rings. The van der Waals surface area contributed by atoms with Crippen molar-refractivity contribution in [3.05, 3.63) is 0 Å². The van der Waals surface area contributed by atoms with Crippen LogP contribution < -0.4 is 0 Å². The Labute approximate surface area is 74.0 Å². The van der Waals surface area contributed by atoms with Crippen molar-refractivity contribution >= 4 is 0 Å². The van der Waals surface area contributed by atoms with E-state index < -0.39 is 11.7 Å². The maximum Gasteiger partial charge on any atom is 0.0849 e. The number of aliphatic hydroxyl groups is 3. The van der Waals surface area contributed by atoms with Crippen LogP contribution in [0.15, 0.2) is 0 Å². The van der Waals surface area contributed by atoms with Gasteiger partial charge >= 0.3 is 0 Å². The predicted molar refractivity (Wildman–Crippen MR) is 47.9 cm³/mol.